The van der Waals surface area contributed by atoms with E-state index < -0.39 is 5.91 Å². The molecule has 0 aromatic carbocycles. The van der Waals surface area contributed by atoms with Crippen LogP contribution >= 0.6 is 0 Å². The number of methoxy groups -OCH3 is 1. The first-order valence-electron chi connectivity index (χ1n) is 7.01. The van der Waals surface area contributed by atoms with E-state index in [1.54, 1.807) is 25.6 Å². The van der Waals surface area contributed by atoms with Crippen molar-refractivity contribution in [3.8, 4) is 0 Å². The van der Waals surface area contributed by atoms with E-state index in [9.17, 15) is 4.79 Å². The zero-order valence-electron chi connectivity index (χ0n) is 12.0. The smallest absolute Gasteiger partial charge is 0.267 e. The van der Waals surface area contributed by atoms with Gasteiger partial charge in [-0.05, 0) is 25.0 Å². The maximum Gasteiger partial charge on any atom is 0.267 e. The van der Waals surface area contributed by atoms with Gasteiger partial charge in [-0.1, -0.05) is 0 Å². The topological polar surface area (TPSA) is 81.3 Å². The van der Waals surface area contributed by atoms with Crippen molar-refractivity contribution in [3.63, 3.8) is 0 Å². The molecular formula is C15H18N4O2. The van der Waals surface area contributed by atoms with Gasteiger partial charge in [0, 0.05) is 31.8 Å². The molecule has 2 aromatic heterocycles. The van der Waals surface area contributed by atoms with Crippen LogP contribution < -0.4 is 10.6 Å². The largest absolute Gasteiger partial charge is 0.381 e. The van der Waals surface area contributed by atoms with Gasteiger partial charge in [-0.25, -0.2) is 4.98 Å². The predicted molar refractivity (Wildman–Crippen MR) is 80.3 cm³/mol. The van der Waals surface area contributed by atoms with Crippen LogP contribution in [0.25, 0.3) is 10.9 Å². The SMILES string of the molecule is COC1CCN(c2cncc3ccc(C(N)=O)nc23)CC1. The van der Waals surface area contributed by atoms with Crippen LogP contribution in [-0.2, 0) is 4.74 Å². The first-order valence-corrected chi connectivity index (χ1v) is 7.01. The van der Waals surface area contributed by atoms with Gasteiger partial charge in [-0.2, -0.15) is 0 Å². The summed E-state index contributed by atoms with van der Waals surface area (Å²) in [5.41, 5.74) is 7.33. The van der Waals surface area contributed by atoms with E-state index in [4.69, 9.17) is 10.5 Å². The summed E-state index contributed by atoms with van der Waals surface area (Å²) in [5.74, 6) is -0.516. The summed E-state index contributed by atoms with van der Waals surface area (Å²) in [4.78, 5) is 22.2. The van der Waals surface area contributed by atoms with E-state index >= 15 is 0 Å². The standard InChI is InChI=1S/C15H18N4O2/c1-21-11-4-6-19(7-5-11)13-9-17-8-10-2-3-12(15(16)20)18-14(10)13/h2-3,8-9,11H,4-7H2,1H3,(H2,16,20). The molecular weight excluding hydrogens is 268 g/mol. The fourth-order valence-corrected chi connectivity index (χ4v) is 2.73. The number of fused-ring (bicyclic) bond motifs is 1. The van der Waals surface area contributed by atoms with Crippen LogP contribution in [-0.4, -0.2) is 42.2 Å². The molecule has 3 rings (SSSR count). The van der Waals surface area contributed by atoms with Crippen LogP contribution in [0, 0.1) is 0 Å². The van der Waals surface area contributed by atoms with Crippen molar-refractivity contribution in [3.05, 3.63) is 30.2 Å². The fourth-order valence-electron chi connectivity index (χ4n) is 2.73. The van der Waals surface area contributed by atoms with Crippen LogP contribution in [0.5, 0.6) is 0 Å². The highest BCUT2D eigenvalue weighted by Gasteiger charge is 2.21. The number of pyridine rings is 2. The van der Waals surface area contributed by atoms with Gasteiger partial charge in [0.15, 0.2) is 0 Å². The van der Waals surface area contributed by atoms with Crippen LogP contribution in [0.3, 0.4) is 0 Å². The maximum absolute atomic E-state index is 11.3. The third-order valence-electron chi connectivity index (χ3n) is 3.95. The van der Waals surface area contributed by atoms with Gasteiger partial charge in [0.1, 0.15) is 5.69 Å². The highest BCUT2D eigenvalue weighted by molar-refractivity contribution is 5.96. The van der Waals surface area contributed by atoms with E-state index in [2.05, 4.69) is 14.9 Å². The molecule has 6 nitrogen and oxygen atoms in total. The van der Waals surface area contributed by atoms with Crippen molar-refractivity contribution in [1.82, 2.24) is 9.97 Å². The third kappa shape index (κ3) is 2.67. The molecule has 2 aromatic rings. The summed E-state index contributed by atoms with van der Waals surface area (Å²) in [5, 5.41) is 0.909. The number of nitrogens with zero attached hydrogens (tertiary/aromatic N) is 3. The Bertz CT molecular complexity index is 666. The fraction of sp³-hybridized carbons (Fsp3) is 0.400. The number of carbonyl (C=O) groups is 1. The van der Waals surface area contributed by atoms with Crippen LogP contribution in [0.4, 0.5) is 5.69 Å². The van der Waals surface area contributed by atoms with Crippen LogP contribution in [0.1, 0.15) is 23.3 Å². The summed E-state index contributed by atoms with van der Waals surface area (Å²) >= 11 is 0. The zero-order valence-corrected chi connectivity index (χ0v) is 12.0. The maximum atomic E-state index is 11.3. The highest BCUT2D eigenvalue weighted by atomic mass is 16.5. The monoisotopic (exact) mass is 286 g/mol. The Morgan fingerprint density at radius 3 is 2.76 bits per heavy atom. The van der Waals surface area contributed by atoms with Gasteiger partial charge in [0.2, 0.25) is 0 Å². The van der Waals surface area contributed by atoms with E-state index in [1.807, 2.05) is 6.07 Å². The summed E-state index contributed by atoms with van der Waals surface area (Å²) in [7, 11) is 1.75. The normalized spacial score (nSPS) is 16.3. The minimum absolute atomic E-state index is 0.279. The Balaban J connectivity index is 1.98. The minimum Gasteiger partial charge on any atom is -0.381 e. The number of nitrogens with two attached hydrogens (primary N) is 1. The number of hydrogen-bond acceptors (Lipinski definition) is 5. The molecule has 0 bridgehead atoms. The first-order chi connectivity index (χ1) is 10.2. The van der Waals surface area contributed by atoms with Gasteiger partial charge in [-0.3, -0.25) is 9.78 Å². The summed E-state index contributed by atoms with van der Waals surface area (Å²) in [6.07, 6.45) is 5.81. The molecule has 21 heavy (non-hydrogen) atoms. The lowest BCUT2D eigenvalue weighted by atomic mass is 10.1. The molecule has 110 valence electrons. The van der Waals surface area contributed by atoms with Gasteiger partial charge < -0.3 is 15.4 Å². The number of carbonyl (C=O) groups excluding carboxylic acids is 1. The molecule has 0 saturated carbocycles. The molecule has 0 aliphatic carbocycles. The van der Waals surface area contributed by atoms with Crippen molar-refractivity contribution < 1.29 is 9.53 Å². The minimum atomic E-state index is -0.516. The molecule has 1 saturated heterocycles. The van der Waals surface area contributed by atoms with E-state index in [1.165, 1.54) is 0 Å². The molecule has 6 heteroatoms. The van der Waals surface area contributed by atoms with Crippen molar-refractivity contribution in [2.24, 2.45) is 5.73 Å². The summed E-state index contributed by atoms with van der Waals surface area (Å²) in [6.45, 7) is 1.78. The number of ether oxygens (including phenoxy) is 1. The number of piperidine rings is 1. The summed E-state index contributed by atoms with van der Waals surface area (Å²) < 4.78 is 5.39. The number of anilines is 1. The van der Waals surface area contributed by atoms with Gasteiger partial charge >= 0.3 is 0 Å². The van der Waals surface area contributed by atoms with Crippen molar-refractivity contribution in [2.75, 3.05) is 25.1 Å². The van der Waals surface area contributed by atoms with E-state index in [0.29, 0.717) is 6.10 Å². The Labute approximate surface area is 122 Å². The molecule has 1 aliphatic heterocycles. The van der Waals surface area contributed by atoms with E-state index in [-0.39, 0.29) is 5.69 Å². The lowest BCUT2D eigenvalue weighted by molar-refractivity contribution is 0.0819. The van der Waals surface area contributed by atoms with Crippen molar-refractivity contribution >= 4 is 22.5 Å². The van der Waals surface area contributed by atoms with Gasteiger partial charge in [-0.15, -0.1) is 0 Å². The van der Waals surface area contributed by atoms with E-state index in [0.717, 1.165) is 42.5 Å². The molecule has 0 atom stereocenters. The first kappa shape index (κ1) is 13.8. The molecule has 0 spiro atoms. The number of rotatable bonds is 3. The van der Waals surface area contributed by atoms with Crippen molar-refractivity contribution in [1.29, 1.82) is 0 Å². The Morgan fingerprint density at radius 1 is 1.33 bits per heavy atom. The average Bonchev–Trinajstić information content (AvgIpc) is 2.54. The van der Waals surface area contributed by atoms with Crippen molar-refractivity contribution in [2.45, 2.75) is 18.9 Å². The number of primary amides is 1. The molecule has 2 N–H and O–H groups in total. The molecule has 1 fully saturated rings. The quantitative estimate of drug-likeness (QED) is 0.921. The Morgan fingerprint density at radius 2 is 2.10 bits per heavy atom. The van der Waals surface area contributed by atoms with Crippen LogP contribution in [0.15, 0.2) is 24.5 Å². The lowest BCUT2D eigenvalue weighted by Crippen LogP contribution is -2.36. The molecule has 1 amide bonds. The summed E-state index contributed by atoms with van der Waals surface area (Å²) in [6, 6.07) is 3.47. The third-order valence-corrected chi connectivity index (χ3v) is 3.95. The van der Waals surface area contributed by atoms with Gasteiger partial charge in [0.05, 0.1) is 23.5 Å². The molecule has 3 heterocycles. The van der Waals surface area contributed by atoms with Crippen LogP contribution in [0.2, 0.25) is 0 Å². The number of amides is 1. The highest BCUT2D eigenvalue weighted by Crippen LogP contribution is 2.27. The zero-order chi connectivity index (χ0) is 14.8. The molecule has 1 aliphatic rings. The second kappa shape index (κ2) is 5.65. The molecule has 0 unspecified atom stereocenters. The lowest BCUT2D eigenvalue weighted by Gasteiger charge is -2.33. The molecule has 0 radical (unpaired) electrons. The Kier molecular flexibility index (Phi) is 3.70. The Hall–Kier alpha value is -2.21. The number of hydrogen-bond donors (Lipinski definition) is 1. The number of aromatic nitrogens is 2. The second-order valence-electron chi connectivity index (χ2n) is 5.21. The average molecular weight is 286 g/mol. The predicted octanol–water partition coefficient (Wildman–Crippen LogP) is 1.34. The van der Waals surface area contributed by atoms with Gasteiger partial charge in [0.25, 0.3) is 5.91 Å². The second-order valence-corrected chi connectivity index (χ2v) is 5.21.